The lowest BCUT2D eigenvalue weighted by molar-refractivity contribution is 0.283. The number of aromatic nitrogens is 1. The minimum absolute atomic E-state index is 0.0516. The normalized spacial score (nSPS) is 11.1. The van der Waals surface area contributed by atoms with E-state index in [9.17, 15) is 5.11 Å². The third kappa shape index (κ3) is 2.25. The number of benzene rings is 2. The molecule has 3 heteroatoms. The van der Waals surface area contributed by atoms with Crippen LogP contribution in [0.4, 0.5) is 0 Å². The molecule has 1 N–H and O–H groups in total. The van der Waals surface area contributed by atoms with Crippen molar-refractivity contribution in [1.29, 1.82) is 0 Å². The number of nitrogens with zero attached hydrogens (tertiary/aromatic N) is 1. The van der Waals surface area contributed by atoms with Crippen LogP contribution in [0.1, 0.15) is 11.1 Å². The van der Waals surface area contributed by atoms with Gasteiger partial charge in [-0.25, -0.2) is 0 Å². The highest BCUT2D eigenvalue weighted by Gasteiger charge is 2.08. The maximum absolute atomic E-state index is 9.43. The van der Waals surface area contributed by atoms with E-state index in [-0.39, 0.29) is 6.61 Å². The highest BCUT2D eigenvalue weighted by Crippen LogP contribution is 2.24. The van der Waals surface area contributed by atoms with Gasteiger partial charge >= 0.3 is 0 Å². The van der Waals surface area contributed by atoms with E-state index in [1.54, 1.807) is 0 Å². The molecule has 0 aliphatic heterocycles. The summed E-state index contributed by atoms with van der Waals surface area (Å²) in [5, 5.41) is 11.3. The number of halogens is 1. The van der Waals surface area contributed by atoms with Crippen molar-refractivity contribution in [3.05, 3.63) is 70.9 Å². The molecule has 0 saturated carbocycles. The van der Waals surface area contributed by atoms with Crippen LogP contribution in [-0.4, -0.2) is 9.67 Å². The van der Waals surface area contributed by atoms with E-state index < -0.39 is 0 Å². The lowest BCUT2D eigenvalue weighted by Crippen LogP contribution is -1.98. The van der Waals surface area contributed by atoms with Crippen molar-refractivity contribution in [2.45, 2.75) is 13.2 Å². The minimum Gasteiger partial charge on any atom is -0.392 e. The van der Waals surface area contributed by atoms with Gasteiger partial charge in [-0.2, -0.15) is 0 Å². The molecule has 19 heavy (non-hydrogen) atoms. The van der Waals surface area contributed by atoms with E-state index >= 15 is 0 Å². The smallest absolute Gasteiger partial charge is 0.0702 e. The van der Waals surface area contributed by atoms with E-state index in [0.717, 1.165) is 27.1 Å². The Labute approximate surface area is 116 Å². The van der Waals surface area contributed by atoms with E-state index in [1.165, 1.54) is 0 Å². The number of para-hydroxylation sites is 1. The SMILES string of the molecule is OCc1cn(Cc2ccccc2Cl)c2ccccc12. The second-order valence-corrected chi connectivity index (χ2v) is 4.96. The molecule has 0 amide bonds. The van der Waals surface area contributed by atoms with Crippen LogP contribution in [0.2, 0.25) is 5.02 Å². The standard InChI is InChI=1S/C16H14ClNO/c17-15-7-3-1-5-12(15)9-18-10-13(11-19)14-6-2-4-8-16(14)18/h1-8,10,19H,9,11H2. The van der Waals surface area contributed by atoms with E-state index in [0.29, 0.717) is 6.54 Å². The Bertz CT molecular complexity index is 718. The van der Waals surface area contributed by atoms with Gasteiger partial charge in [-0.05, 0) is 17.7 Å². The van der Waals surface area contributed by atoms with Gasteiger partial charge in [-0.3, -0.25) is 0 Å². The molecule has 3 rings (SSSR count). The number of aliphatic hydroxyl groups is 1. The molecule has 0 unspecified atom stereocenters. The zero-order valence-electron chi connectivity index (χ0n) is 10.4. The summed E-state index contributed by atoms with van der Waals surface area (Å²) in [4.78, 5) is 0. The Kier molecular flexibility index (Phi) is 3.28. The van der Waals surface area contributed by atoms with E-state index in [2.05, 4.69) is 10.6 Å². The summed E-state index contributed by atoms with van der Waals surface area (Å²) < 4.78 is 2.13. The fourth-order valence-corrected chi connectivity index (χ4v) is 2.59. The van der Waals surface area contributed by atoms with Gasteiger partial charge in [0.05, 0.1) is 6.61 Å². The second kappa shape index (κ2) is 5.08. The molecule has 3 aromatic rings. The van der Waals surface area contributed by atoms with Crippen LogP contribution in [0.15, 0.2) is 54.7 Å². The van der Waals surface area contributed by atoms with Crippen molar-refractivity contribution in [1.82, 2.24) is 4.57 Å². The van der Waals surface area contributed by atoms with E-state index in [1.807, 2.05) is 48.7 Å². The van der Waals surface area contributed by atoms with Gasteiger partial charge in [0, 0.05) is 34.2 Å². The molecule has 0 aliphatic rings. The van der Waals surface area contributed by atoms with Gasteiger partial charge in [0.1, 0.15) is 0 Å². The number of hydrogen-bond donors (Lipinski definition) is 1. The van der Waals surface area contributed by atoms with Gasteiger partial charge in [0.2, 0.25) is 0 Å². The molecular weight excluding hydrogens is 258 g/mol. The Balaban J connectivity index is 2.09. The lowest BCUT2D eigenvalue weighted by Gasteiger charge is -2.07. The second-order valence-electron chi connectivity index (χ2n) is 4.55. The van der Waals surface area contributed by atoms with Crippen molar-refractivity contribution >= 4 is 22.5 Å². The summed E-state index contributed by atoms with van der Waals surface area (Å²) in [7, 11) is 0. The molecule has 0 atom stereocenters. The summed E-state index contributed by atoms with van der Waals surface area (Å²) in [6.07, 6.45) is 1.99. The number of aliphatic hydroxyl groups excluding tert-OH is 1. The number of fused-ring (bicyclic) bond motifs is 1. The fourth-order valence-electron chi connectivity index (χ4n) is 2.39. The predicted octanol–water partition coefficient (Wildman–Crippen LogP) is 3.84. The van der Waals surface area contributed by atoms with Crippen molar-refractivity contribution < 1.29 is 5.11 Å². The first-order chi connectivity index (χ1) is 9.29. The zero-order chi connectivity index (χ0) is 13.2. The molecular formula is C16H14ClNO. The Morgan fingerprint density at radius 1 is 0.947 bits per heavy atom. The van der Waals surface area contributed by atoms with Gasteiger partial charge in [-0.1, -0.05) is 48.0 Å². The summed E-state index contributed by atoms with van der Waals surface area (Å²) in [5.41, 5.74) is 3.14. The van der Waals surface area contributed by atoms with Crippen LogP contribution in [0.25, 0.3) is 10.9 Å². The van der Waals surface area contributed by atoms with Crippen molar-refractivity contribution in [3.63, 3.8) is 0 Å². The molecule has 0 saturated heterocycles. The number of rotatable bonds is 3. The Hall–Kier alpha value is -1.77. The molecule has 2 aromatic carbocycles. The first kappa shape index (κ1) is 12.3. The molecule has 0 bridgehead atoms. The molecule has 0 spiro atoms. The van der Waals surface area contributed by atoms with Crippen LogP contribution in [0.5, 0.6) is 0 Å². The maximum atomic E-state index is 9.43. The largest absolute Gasteiger partial charge is 0.392 e. The highest BCUT2D eigenvalue weighted by molar-refractivity contribution is 6.31. The molecule has 2 nitrogen and oxygen atoms in total. The topological polar surface area (TPSA) is 25.2 Å². The van der Waals surface area contributed by atoms with Crippen molar-refractivity contribution in [2.75, 3.05) is 0 Å². The summed E-state index contributed by atoms with van der Waals surface area (Å²) in [6, 6.07) is 15.9. The maximum Gasteiger partial charge on any atom is 0.0702 e. The summed E-state index contributed by atoms with van der Waals surface area (Å²) in [6.45, 7) is 0.760. The average molecular weight is 272 g/mol. The summed E-state index contributed by atoms with van der Waals surface area (Å²) >= 11 is 6.20. The van der Waals surface area contributed by atoms with Gasteiger partial charge in [0.25, 0.3) is 0 Å². The average Bonchev–Trinajstić information content (AvgIpc) is 2.80. The predicted molar refractivity (Wildman–Crippen MR) is 78.4 cm³/mol. The highest BCUT2D eigenvalue weighted by atomic mass is 35.5. The van der Waals surface area contributed by atoms with Gasteiger partial charge < -0.3 is 9.67 Å². The molecule has 1 heterocycles. The molecule has 0 radical (unpaired) electrons. The Morgan fingerprint density at radius 3 is 2.47 bits per heavy atom. The van der Waals surface area contributed by atoms with Gasteiger partial charge in [-0.15, -0.1) is 0 Å². The summed E-state index contributed by atoms with van der Waals surface area (Å²) in [5.74, 6) is 0. The molecule has 96 valence electrons. The molecule has 0 aliphatic carbocycles. The van der Waals surface area contributed by atoms with Crippen molar-refractivity contribution in [3.8, 4) is 0 Å². The fraction of sp³-hybridized carbons (Fsp3) is 0.125. The molecule has 0 fully saturated rings. The third-order valence-electron chi connectivity index (χ3n) is 3.34. The van der Waals surface area contributed by atoms with E-state index in [4.69, 9.17) is 11.6 Å². The lowest BCUT2D eigenvalue weighted by atomic mass is 10.2. The minimum atomic E-state index is 0.0516. The quantitative estimate of drug-likeness (QED) is 0.769. The molecule has 1 aromatic heterocycles. The first-order valence-corrected chi connectivity index (χ1v) is 6.58. The van der Waals surface area contributed by atoms with Gasteiger partial charge in [0.15, 0.2) is 0 Å². The van der Waals surface area contributed by atoms with Crippen LogP contribution in [0, 0.1) is 0 Å². The Morgan fingerprint density at radius 2 is 1.68 bits per heavy atom. The first-order valence-electron chi connectivity index (χ1n) is 6.20. The third-order valence-corrected chi connectivity index (χ3v) is 3.71. The van der Waals surface area contributed by atoms with Crippen LogP contribution >= 0.6 is 11.6 Å². The number of hydrogen-bond acceptors (Lipinski definition) is 1. The van der Waals surface area contributed by atoms with Crippen molar-refractivity contribution in [2.24, 2.45) is 0 Å². The van der Waals surface area contributed by atoms with Crippen LogP contribution in [-0.2, 0) is 13.2 Å². The van der Waals surface area contributed by atoms with Crippen LogP contribution < -0.4 is 0 Å². The zero-order valence-corrected chi connectivity index (χ0v) is 11.1. The van der Waals surface area contributed by atoms with Crippen LogP contribution in [0.3, 0.4) is 0 Å². The monoisotopic (exact) mass is 271 g/mol.